The molecule has 1 aliphatic rings. The summed E-state index contributed by atoms with van der Waals surface area (Å²) in [6, 6.07) is 8.71. The van der Waals surface area contributed by atoms with Gasteiger partial charge in [0.2, 0.25) is 5.91 Å². The number of nitrogens with zero attached hydrogens (tertiary/aromatic N) is 2. The molecule has 0 bridgehead atoms. The third-order valence-corrected chi connectivity index (χ3v) is 4.37. The number of carbonyl (C=O) groups is 2. The minimum absolute atomic E-state index is 0.00348. The lowest BCUT2D eigenvalue weighted by atomic mass is 10.1. The molecule has 5 nitrogen and oxygen atoms in total. The number of rotatable bonds is 5. The molecule has 1 aliphatic heterocycles. The second kappa shape index (κ2) is 8.49. The van der Waals surface area contributed by atoms with E-state index in [9.17, 15) is 9.59 Å². The van der Waals surface area contributed by atoms with Crippen LogP contribution in [0.4, 0.5) is 0 Å². The van der Waals surface area contributed by atoms with E-state index < -0.39 is 0 Å². The number of hydrogen-bond acceptors (Lipinski definition) is 3. The molecule has 5 heteroatoms. The quantitative estimate of drug-likeness (QED) is 0.903. The predicted molar refractivity (Wildman–Crippen MR) is 92.3 cm³/mol. The summed E-state index contributed by atoms with van der Waals surface area (Å²) < 4.78 is 0. The van der Waals surface area contributed by atoms with Crippen molar-refractivity contribution in [1.29, 1.82) is 5.26 Å². The van der Waals surface area contributed by atoms with Crippen LogP contribution in [-0.2, 0) is 4.79 Å². The fourth-order valence-corrected chi connectivity index (χ4v) is 2.83. The van der Waals surface area contributed by atoms with Crippen molar-refractivity contribution in [3.63, 3.8) is 0 Å². The highest BCUT2D eigenvalue weighted by molar-refractivity contribution is 5.94. The maximum Gasteiger partial charge on any atom is 0.251 e. The Labute approximate surface area is 143 Å². The smallest absolute Gasteiger partial charge is 0.251 e. The largest absolute Gasteiger partial charge is 0.349 e. The van der Waals surface area contributed by atoms with Gasteiger partial charge in [-0.05, 0) is 43.4 Å². The molecular weight excluding hydrogens is 302 g/mol. The first-order valence-corrected chi connectivity index (χ1v) is 8.58. The molecule has 1 aromatic carbocycles. The number of carbonyl (C=O) groups excluding carboxylic acids is 2. The predicted octanol–water partition coefficient (Wildman–Crippen LogP) is 2.72. The van der Waals surface area contributed by atoms with Crippen molar-refractivity contribution in [3.8, 4) is 6.07 Å². The van der Waals surface area contributed by atoms with Gasteiger partial charge in [-0.2, -0.15) is 5.26 Å². The van der Waals surface area contributed by atoms with E-state index in [0.29, 0.717) is 36.4 Å². The van der Waals surface area contributed by atoms with Gasteiger partial charge < -0.3 is 10.2 Å². The van der Waals surface area contributed by atoms with Crippen molar-refractivity contribution in [1.82, 2.24) is 10.2 Å². The third-order valence-electron chi connectivity index (χ3n) is 4.37. The summed E-state index contributed by atoms with van der Waals surface area (Å²) in [6.45, 7) is 5.79. The first kappa shape index (κ1) is 18.0. The third kappa shape index (κ3) is 5.09. The number of likely N-dealkylation sites (tertiary alicyclic amines) is 1. The lowest BCUT2D eigenvalue weighted by Crippen LogP contribution is -2.36. The van der Waals surface area contributed by atoms with Gasteiger partial charge in [0.1, 0.15) is 0 Å². The zero-order chi connectivity index (χ0) is 17.5. The summed E-state index contributed by atoms with van der Waals surface area (Å²) in [5.74, 6) is 0.572. The molecule has 1 saturated heterocycles. The number of hydrogen-bond donors (Lipinski definition) is 1. The molecule has 1 unspecified atom stereocenters. The molecule has 0 aliphatic carbocycles. The molecule has 0 saturated carbocycles. The highest BCUT2D eigenvalue weighted by atomic mass is 16.2. The van der Waals surface area contributed by atoms with Crippen molar-refractivity contribution in [3.05, 3.63) is 35.4 Å². The summed E-state index contributed by atoms with van der Waals surface area (Å²) in [7, 11) is 0. The van der Waals surface area contributed by atoms with E-state index in [1.54, 1.807) is 24.3 Å². The van der Waals surface area contributed by atoms with Gasteiger partial charge in [0.05, 0.1) is 11.6 Å². The van der Waals surface area contributed by atoms with Gasteiger partial charge in [-0.25, -0.2) is 0 Å². The van der Waals surface area contributed by atoms with Gasteiger partial charge in [-0.15, -0.1) is 0 Å². The van der Waals surface area contributed by atoms with Crippen molar-refractivity contribution in [2.24, 2.45) is 5.92 Å². The second-order valence-corrected chi connectivity index (χ2v) is 6.75. The Morgan fingerprint density at radius 1 is 1.42 bits per heavy atom. The molecule has 24 heavy (non-hydrogen) atoms. The van der Waals surface area contributed by atoms with Crippen LogP contribution in [0.2, 0.25) is 0 Å². The van der Waals surface area contributed by atoms with Crippen LogP contribution in [0.25, 0.3) is 0 Å². The fraction of sp³-hybridized carbons (Fsp3) is 0.526. The average molecular weight is 327 g/mol. The Morgan fingerprint density at radius 3 is 2.92 bits per heavy atom. The average Bonchev–Trinajstić information content (AvgIpc) is 2.75. The normalized spacial score (nSPS) is 18.2. The van der Waals surface area contributed by atoms with E-state index in [4.69, 9.17) is 5.26 Å². The first-order valence-electron chi connectivity index (χ1n) is 8.58. The molecule has 2 amide bonds. The van der Waals surface area contributed by atoms with Crippen LogP contribution >= 0.6 is 0 Å². The summed E-state index contributed by atoms with van der Waals surface area (Å²) in [5.41, 5.74) is 0.958. The number of nitriles is 1. The number of amides is 2. The second-order valence-electron chi connectivity index (χ2n) is 6.75. The molecule has 1 aromatic rings. The number of benzene rings is 1. The molecule has 1 N–H and O–H groups in total. The van der Waals surface area contributed by atoms with Gasteiger partial charge in [0, 0.05) is 31.1 Å². The Morgan fingerprint density at radius 2 is 2.21 bits per heavy atom. The van der Waals surface area contributed by atoms with E-state index in [1.807, 2.05) is 11.0 Å². The SMILES string of the molecule is CC(C)CCN1CCC(NC(=O)c2cccc(C#N)c2)CCC1=O. The Hall–Kier alpha value is -2.35. The lowest BCUT2D eigenvalue weighted by Gasteiger charge is -2.22. The number of nitrogens with one attached hydrogen (secondary N) is 1. The molecule has 0 aromatic heterocycles. The van der Waals surface area contributed by atoms with Gasteiger partial charge in [-0.1, -0.05) is 19.9 Å². The van der Waals surface area contributed by atoms with E-state index in [2.05, 4.69) is 19.2 Å². The molecule has 1 heterocycles. The molecule has 128 valence electrons. The first-order chi connectivity index (χ1) is 11.5. The van der Waals surface area contributed by atoms with Crippen LogP contribution in [0.15, 0.2) is 24.3 Å². The highest BCUT2D eigenvalue weighted by Gasteiger charge is 2.23. The molecule has 1 atom stereocenters. The van der Waals surface area contributed by atoms with Crippen LogP contribution in [-0.4, -0.2) is 35.8 Å². The molecular formula is C19H25N3O2. The van der Waals surface area contributed by atoms with Crippen LogP contribution in [0, 0.1) is 17.2 Å². The molecule has 1 fully saturated rings. The lowest BCUT2D eigenvalue weighted by molar-refractivity contribution is -0.130. The highest BCUT2D eigenvalue weighted by Crippen LogP contribution is 2.15. The van der Waals surface area contributed by atoms with E-state index in [0.717, 1.165) is 19.4 Å². The van der Waals surface area contributed by atoms with Crippen molar-refractivity contribution in [2.75, 3.05) is 13.1 Å². The fourth-order valence-electron chi connectivity index (χ4n) is 2.83. The minimum atomic E-state index is -0.180. The van der Waals surface area contributed by atoms with Crippen LogP contribution in [0.5, 0.6) is 0 Å². The van der Waals surface area contributed by atoms with Gasteiger partial charge in [-0.3, -0.25) is 9.59 Å². The van der Waals surface area contributed by atoms with Gasteiger partial charge in [0.15, 0.2) is 0 Å². The van der Waals surface area contributed by atoms with E-state index in [-0.39, 0.29) is 17.9 Å². The van der Waals surface area contributed by atoms with Crippen LogP contribution < -0.4 is 5.32 Å². The van der Waals surface area contributed by atoms with Crippen molar-refractivity contribution < 1.29 is 9.59 Å². The van der Waals surface area contributed by atoms with Gasteiger partial charge in [0.25, 0.3) is 5.91 Å². The summed E-state index contributed by atoms with van der Waals surface area (Å²) in [5, 5.41) is 11.9. The van der Waals surface area contributed by atoms with E-state index in [1.165, 1.54) is 0 Å². The van der Waals surface area contributed by atoms with E-state index >= 15 is 0 Å². The molecule has 0 spiro atoms. The zero-order valence-electron chi connectivity index (χ0n) is 14.4. The van der Waals surface area contributed by atoms with Crippen molar-refractivity contribution >= 4 is 11.8 Å². The van der Waals surface area contributed by atoms with Crippen LogP contribution in [0.3, 0.4) is 0 Å². The van der Waals surface area contributed by atoms with Crippen molar-refractivity contribution in [2.45, 2.75) is 45.6 Å². The standard InChI is InChI=1S/C19H25N3O2/c1-14(2)8-10-22-11-9-17(6-7-18(22)23)21-19(24)16-5-3-4-15(12-16)13-20/h3-5,12,14,17H,6-11H2,1-2H3,(H,21,24). The minimum Gasteiger partial charge on any atom is -0.349 e. The Kier molecular flexibility index (Phi) is 6.36. The zero-order valence-corrected chi connectivity index (χ0v) is 14.4. The maximum atomic E-state index is 12.4. The Bertz CT molecular complexity index is 634. The molecule has 0 radical (unpaired) electrons. The maximum absolute atomic E-state index is 12.4. The summed E-state index contributed by atoms with van der Waals surface area (Å²) in [4.78, 5) is 26.5. The van der Waals surface area contributed by atoms with Crippen LogP contribution in [0.1, 0.15) is 55.5 Å². The monoisotopic (exact) mass is 327 g/mol. The molecule has 2 rings (SSSR count). The topological polar surface area (TPSA) is 73.2 Å². The Balaban J connectivity index is 1.92. The van der Waals surface area contributed by atoms with Gasteiger partial charge >= 0.3 is 0 Å². The summed E-state index contributed by atoms with van der Waals surface area (Å²) >= 11 is 0. The summed E-state index contributed by atoms with van der Waals surface area (Å²) in [6.07, 6.45) is 2.92.